The highest BCUT2D eigenvalue weighted by molar-refractivity contribution is 5.70. The number of furan rings is 1. The van der Waals surface area contributed by atoms with Gasteiger partial charge in [-0.2, -0.15) is 0 Å². The van der Waals surface area contributed by atoms with Crippen LogP contribution in [0.25, 0.3) is 0 Å². The number of hydrogen-bond acceptors (Lipinski definition) is 3. The van der Waals surface area contributed by atoms with Gasteiger partial charge in [0.05, 0.1) is 5.92 Å². The van der Waals surface area contributed by atoms with Crippen molar-refractivity contribution in [2.75, 3.05) is 18.5 Å². The lowest BCUT2D eigenvalue weighted by Crippen LogP contribution is -2.30. The summed E-state index contributed by atoms with van der Waals surface area (Å²) in [5, 5.41) is 8.96. The number of carboxylic acids is 1. The second-order valence-electron chi connectivity index (χ2n) is 5.32. The topological polar surface area (TPSA) is 53.7 Å². The van der Waals surface area contributed by atoms with Gasteiger partial charge in [0.1, 0.15) is 5.76 Å². The number of rotatable bonds is 4. The van der Waals surface area contributed by atoms with Gasteiger partial charge in [-0.05, 0) is 44.6 Å². The smallest absolute Gasteiger partial charge is 0.306 e. The Hall–Kier alpha value is -1.45. The first-order valence-electron chi connectivity index (χ1n) is 6.56. The molecule has 100 valence electrons. The molecule has 0 bridgehead atoms. The van der Waals surface area contributed by atoms with E-state index in [2.05, 4.69) is 4.90 Å². The first kappa shape index (κ1) is 13.0. The maximum atomic E-state index is 10.9. The summed E-state index contributed by atoms with van der Waals surface area (Å²) >= 11 is 0. The molecule has 1 saturated carbocycles. The zero-order chi connectivity index (χ0) is 13.1. The molecule has 4 heteroatoms. The Morgan fingerprint density at radius 3 is 2.56 bits per heavy atom. The molecule has 0 spiro atoms. The molecule has 0 aliphatic heterocycles. The van der Waals surface area contributed by atoms with Crippen molar-refractivity contribution in [1.29, 1.82) is 0 Å². The fourth-order valence-corrected chi connectivity index (χ4v) is 2.70. The summed E-state index contributed by atoms with van der Waals surface area (Å²) in [5.41, 5.74) is 0. The van der Waals surface area contributed by atoms with Crippen LogP contribution in [0, 0.1) is 18.8 Å². The lowest BCUT2D eigenvalue weighted by molar-refractivity contribution is -0.143. The second kappa shape index (κ2) is 5.46. The number of aryl methyl sites for hydroxylation is 1. The van der Waals surface area contributed by atoms with Gasteiger partial charge in [-0.1, -0.05) is 0 Å². The van der Waals surface area contributed by atoms with Gasteiger partial charge in [-0.15, -0.1) is 0 Å². The van der Waals surface area contributed by atoms with E-state index in [1.165, 1.54) is 0 Å². The quantitative estimate of drug-likeness (QED) is 0.894. The van der Waals surface area contributed by atoms with E-state index < -0.39 is 5.97 Å². The number of carboxylic acid groups (broad SMARTS) is 1. The summed E-state index contributed by atoms with van der Waals surface area (Å²) in [4.78, 5) is 13.0. The van der Waals surface area contributed by atoms with Gasteiger partial charge in [0.2, 0.25) is 0 Å². The Labute approximate surface area is 108 Å². The molecule has 1 aromatic heterocycles. The molecule has 1 aliphatic carbocycles. The Balaban J connectivity index is 1.83. The van der Waals surface area contributed by atoms with Crippen molar-refractivity contribution < 1.29 is 14.3 Å². The number of anilines is 1. The minimum absolute atomic E-state index is 0.127. The van der Waals surface area contributed by atoms with Crippen LogP contribution >= 0.6 is 0 Å². The van der Waals surface area contributed by atoms with Gasteiger partial charge in [0.15, 0.2) is 5.88 Å². The molecule has 1 heterocycles. The third kappa shape index (κ3) is 3.06. The lowest BCUT2D eigenvalue weighted by atomic mass is 9.82. The molecule has 1 aliphatic rings. The molecule has 4 nitrogen and oxygen atoms in total. The van der Waals surface area contributed by atoms with Crippen molar-refractivity contribution in [1.82, 2.24) is 0 Å². The van der Waals surface area contributed by atoms with Crippen molar-refractivity contribution in [2.45, 2.75) is 32.6 Å². The molecule has 0 atom stereocenters. The van der Waals surface area contributed by atoms with Gasteiger partial charge in [-0.25, -0.2) is 0 Å². The number of hydrogen-bond donors (Lipinski definition) is 1. The van der Waals surface area contributed by atoms with E-state index in [4.69, 9.17) is 9.52 Å². The van der Waals surface area contributed by atoms with Crippen LogP contribution in [0.5, 0.6) is 0 Å². The van der Waals surface area contributed by atoms with Crippen molar-refractivity contribution >= 4 is 11.9 Å². The van der Waals surface area contributed by atoms with Gasteiger partial charge in [0.25, 0.3) is 0 Å². The summed E-state index contributed by atoms with van der Waals surface area (Å²) in [6.45, 7) is 2.88. The average molecular weight is 251 g/mol. The SMILES string of the molecule is Cc1ccc(N(C)CC2CCC(C(=O)O)CC2)o1. The lowest BCUT2D eigenvalue weighted by Gasteiger charge is -2.29. The van der Waals surface area contributed by atoms with Crippen LogP contribution in [0.2, 0.25) is 0 Å². The molecule has 0 amide bonds. The van der Waals surface area contributed by atoms with Crippen LogP contribution in [0.3, 0.4) is 0 Å². The minimum Gasteiger partial charge on any atom is -0.481 e. The molecule has 1 fully saturated rings. The zero-order valence-electron chi connectivity index (χ0n) is 11.1. The van der Waals surface area contributed by atoms with E-state index in [1.807, 2.05) is 26.1 Å². The predicted molar refractivity (Wildman–Crippen MR) is 69.8 cm³/mol. The third-order valence-electron chi connectivity index (χ3n) is 3.83. The normalized spacial score (nSPS) is 23.9. The summed E-state index contributed by atoms with van der Waals surface area (Å²) in [7, 11) is 2.03. The first-order chi connectivity index (χ1) is 8.56. The summed E-state index contributed by atoms with van der Waals surface area (Å²) in [6, 6.07) is 3.95. The summed E-state index contributed by atoms with van der Waals surface area (Å²) in [5.74, 6) is 1.64. The minimum atomic E-state index is -0.636. The Bertz CT molecular complexity index is 405. The summed E-state index contributed by atoms with van der Waals surface area (Å²) in [6.07, 6.45) is 3.62. The highest BCUT2D eigenvalue weighted by Crippen LogP contribution is 2.30. The van der Waals surface area contributed by atoms with E-state index in [0.717, 1.165) is 43.9 Å². The number of aliphatic carboxylic acids is 1. The molecule has 0 unspecified atom stereocenters. The van der Waals surface area contributed by atoms with E-state index >= 15 is 0 Å². The predicted octanol–water partition coefficient (Wildman–Crippen LogP) is 2.92. The van der Waals surface area contributed by atoms with Crippen molar-refractivity contribution in [2.24, 2.45) is 11.8 Å². The molecular weight excluding hydrogens is 230 g/mol. The van der Waals surface area contributed by atoms with Gasteiger partial charge < -0.3 is 14.4 Å². The Morgan fingerprint density at radius 1 is 1.39 bits per heavy atom. The zero-order valence-corrected chi connectivity index (χ0v) is 11.1. The molecule has 2 rings (SSSR count). The number of carbonyl (C=O) groups is 1. The standard InChI is InChI=1S/C14H21NO3/c1-10-3-8-13(18-10)15(2)9-11-4-6-12(7-5-11)14(16)17/h3,8,11-12H,4-7,9H2,1-2H3,(H,16,17). The average Bonchev–Trinajstić information content (AvgIpc) is 2.76. The molecule has 0 aromatic carbocycles. The van der Waals surface area contributed by atoms with E-state index in [0.29, 0.717) is 5.92 Å². The fraction of sp³-hybridized carbons (Fsp3) is 0.643. The highest BCUT2D eigenvalue weighted by atomic mass is 16.4. The van der Waals surface area contributed by atoms with Gasteiger partial charge in [-0.3, -0.25) is 4.79 Å². The van der Waals surface area contributed by atoms with E-state index in [9.17, 15) is 4.79 Å². The molecule has 0 radical (unpaired) electrons. The van der Waals surface area contributed by atoms with E-state index in [-0.39, 0.29) is 5.92 Å². The van der Waals surface area contributed by atoms with Crippen LogP contribution in [-0.4, -0.2) is 24.7 Å². The molecule has 18 heavy (non-hydrogen) atoms. The number of nitrogens with zero attached hydrogens (tertiary/aromatic N) is 1. The second-order valence-corrected chi connectivity index (χ2v) is 5.32. The monoisotopic (exact) mass is 251 g/mol. The van der Waals surface area contributed by atoms with Crippen LogP contribution in [0.15, 0.2) is 16.5 Å². The summed E-state index contributed by atoms with van der Waals surface area (Å²) < 4.78 is 5.58. The van der Waals surface area contributed by atoms with Gasteiger partial charge >= 0.3 is 5.97 Å². The molecule has 1 N–H and O–H groups in total. The maximum absolute atomic E-state index is 10.9. The highest BCUT2D eigenvalue weighted by Gasteiger charge is 2.26. The fourth-order valence-electron chi connectivity index (χ4n) is 2.70. The van der Waals surface area contributed by atoms with Crippen molar-refractivity contribution in [3.05, 3.63) is 17.9 Å². The van der Waals surface area contributed by atoms with Crippen LogP contribution in [0.4, 0.5) is 5.88 Å². The molecule has 0 saturated heterocycles. The van der Waals surface area contributed by atoms with E-state index in [1.54, 1.807) is 0 Å². The molecule has 1 aromatic rings. The Kier molecular flexibility index (Phi) is 3.94. The molecular formula is C14H21NO3. The third-order valence-corrected chi connectivity index (χ3v) is 3.83. The van der Waals surface area contributed by atoms with Crippen molar-refractivity contribution in [3.63, 3.8) is 0 Å². The van der Waals surface area contributed by atoms with Crippen LogP contribution < -0.4 is 4.90 Å². The van der Waals surface area contributed by atoms with Crippen LogP contribution in [0.1, 0.15) is 31.4 Å². The maximum Gasteiger partial charge on any atom is 0.306 e. The Morgan fingerprint density at radius 2 is 2.06 bits per heavy atom. The first-order valence-corrected chi connectivity index (χ1v) is 6.56. The van der Waals surface area contributed by atoms with Gasteiger partial charge in [0, 0.05) is 19.7 Å². The largest absolute Gasteiger partial charge is 0.481 e. The van der Waals surface area contributed by atoms with Crippen molar-refractivity contribution in [3.8, 4) is 0 Å². The van der Waals surface area contributed by atoms with Crippen LogP contribution in [-0.2, 0) is 4.79 Å².